The van der Waals surface area contributed by atoms with Crippen LogP contribution in [-0.4, -0.2) is 35.5 Å². The fraction of sp³-hybridized carbons (Fsp3) is 0.400. The summed E-state index contributed by atoms with van der Waals surface area (Å²) in [6, 6.07) is 0.280. The maximum atomic E-state index is 6.17. The number of amidine groups is 1. The number of allylic oxidation sites excluding steroid dienone is 4. The van der Waals surface area contributed by atoms with Gasteiger partial charge in [-0.1, -0.05) is 29.8 Å². The molecule has 104 valence electrons. The Morgan fingerprint density at radius 2 is 2.30 bits per heavy atom. The fourth-order valence-corrected chi connectivity index (χ4v) is 3.46. The summed E-state index contributed by atoms with van der Waals surface area (Å²) < 4.78 is 0. The Hall–Kier alpha value is -1.68. The topological polar surface area (TPSA) is 30.9 Å². The van der Waals surface area contributed by atoms with Crippen LogP contribution in [0.2, 0.25) is 0 Å². The summed E-state index contributed by atoms with van der Waals surface area (Å²) in [6.07, 6.45) is 12.9. The second-order valence-electron chi connectivity index (χ2n) is 5.62. The van der Waals surface area contributed by atoms with E-state index >= 15 is 0 Å². The molecule has 4 nitrogen and oxygen atoms in total. The van der Waals surface area contributed by atoms with Gasteiger partial charge in [-0.15, -0.1) is 0 Å². The van der Waals surface area contributed by atoms with Crippen molar-refractivity contribution in [1.29, 1.82) is 0 Å². The highest BCUT2D eigenvalue weighted by molar-refractivity contribution is 6.31. The van der Waals surface area contributed by atoms with Crippen LogP contribution in [0.1, 0.15) is 12.8 Å². The molecule has 0 radical (unpaired) electrons. The summed E-state index contributed by atoms with van der Waals surface area (Å²) >= 11 is 6.17. The molecule has 0 fully saturated rings. The van der Waals surface area contributed by atoms with E-state index in [4.69, 9.17) is 16.7 Å². The average molecular weight is 289 g/mol. The van der Waals surface area contributed by atoms with Crippen LogP contribution < -0.4 is 5.43 Å². The predicted molar refractivity (Wildman–Crippen MR) is 80.8 cm³/mol. The van der Waals surface area contributed by atoms with E-state index in [1.165, 1.54) is 11.3 Å². The molecule has 0 aromatic rings. The van der Waals surface area contributed by atoms with Crippen molar-refractivity contribution in [3.8, 4) is 0 Å². The highest BCUT2D eigenvalue weighted by Gasteiger charge is 2.39. The molecule has 1 N–H and O–H groups in total. The van der Waals surface area contributed by atoms with Crippen molar-refractivity contribution in [2.75, 3.05) is 13.6 Å². The van der Waals surface area contributed by atoms with Gasteiger partial charge in [0, 0.05) is 12.1 Å². The summed E-state index contributed by atoms with van der Waals surface area (Å²) in [4.78, 5) is 0. The molecule has 4 rings (SSSR count). The molecule has 2 aliphatic heterocycles. The largest absolute Gasteiger partial charge is 0.297 e. The first kappa shape index (κ1) is 12.1. The Kier molecular flexibility index (Phi) is 2.67. The molecule has 0 bridgehead atoms. The van der Waals surface area contributed by atoms with Crippen LogP contribution in [0.4, 0.5) is 0 Å². The second kappa shape index (κ2) is 4.42. The van der Waals surface area contributed by atoms with Crippen LogP contribution in [-0.2, 0) is 0 Å². The lowest BCUT2D eigenvalue weighted by molar-refractivity contribution is 0.307. The van der Waals surface area contributed by atoms with E-state index in [0.29, 0.717) is 0 Å². The number of nitrogens with zero attached hydrogens (tertiary/aromatic N) is 3. The maximum absolute atomic E-state index is 6.17. The van der Waals surface area contributed by atoms with Crippen molar-refractivity contribution in [3.63, 3.8) is 0 Å². The first-order valence-corrected chi connectivity index (χ1v) is 7.40. The first-order chi connectivity index (χ1) is 9.72. The van der Waals surface area contributed by atoms with Crippen molar-refractivity contribution in [2.24, 2.45) is 11.0 Å². The summed E-state index contributed by atoms with van der Waals surface area (Å²) in [5, 5.41) is 9.70. The maximum Gasteiger partial charge on any atom is 0.153 e. The van der Waals surface area contributed by atoms with Crippen molar-refractivity contribution < 1.29 is 0 Å². The zero-order valence-electron chi connectivity index (χ0n) is 11.4. The van der Waals surface area contributed by atoms with Crippen LogP contribution in [0.3, 0.4) is 0 Å². The molecule has 4 aliphatic rings. The number of nitrogens with one attached hydrogen (secondary N) is 1. The third kappa shape index (κ3) is 1.79. The van der Waals surface area contributed by atoms with E-state index < -0.39 is 0 Å². The molecule has 0 spiro atoms. The van der Waals surface area contributed by atoms with Gasteiger partial charge >= 0.3 is 0 Å². The number of hydrazine groups is 1. The molecule has 0 saturated heterocycles. The number of rotatable bonds is 0. The standard InChI is InChI=1S/C15H17ClN4/c1-19-14-7-6-11(16)8-12(14)15(18-19)20-9-10-4-2-3-5-13(10)17-20/h3,5-8,12,14,17H,2,4,9H2,1H3. The molecule has 5 heteroatoms. The highest BCUT2D eigenvalue weighted by atomic mass is 35.5. The van der Waals surface area contributed by atoms with Crippen LogP contribution >= 0.6 is 11.6 Å². The van der Waals surface area contributed by atoms with Crippen LogP contribution in [0.15, 0.2) is 51.8 Å². The SMILES string of the molecule is CN1N=C(N2CC3=C(C=CCC3)N2)C2C=C(Cl)C=CC21. The van der Waals surface area contributed by atoms with E-state index in [2.05, 4.69) is 34.7 Å². The number of hydrazone groups is 1. The van der Waals surface area contributed by atoms with E-state index in [1.54, 1.807) is 0 Å². The molecule has 0 aromatic heterocycles. The number of fused-ring (bicyclic) bond motifs is 1. The van der Waals surface area contributed by atoms with Crippen molar-refractivity contribution >= 4 is 17.4 Å². The Labute approximate surface area is 123 Å². The van der Waals surface area contributed by atoms with Gasteiger partial charge in [-0.25, -0.2) is 0 Å². The van der Waals surface area contributed by atoms with Gasteiger partial charge in [0.1, 0.15) is 0 Å². The summed E-state index contributed by atoms with van der Waals surface area (Å²) in [5.74, 6) is 1.29. The average Bonchev–Trinajstić information content (AvgIpc) is 3.00. The van der Waals surface area contributed by atoms with E-state index in [0.717, 1.165) is 30.3 Å². The quantitative estimate of drug-likeness (QED) is 0.742. The van der Waals surface area contributed by atoms with Crippen LogP contribution in [0.5, 0.6) is 0 Å². The molecule has 2 aliphatic carbocycles. The van der Waals surface area contributed by atoms with Crippen molar-refractivity contribution in [3.05, 3.63) is 46.7 Å². The minimum Gasteiger partial charge on any atom is -0.297 e. The lowest BCUT2D eigenvalue weighted by atomic mass is 9.94. The monoisotopic (exact) mass is 288 g/mol. The smallest absolute Gasteiger partial charge is 0.153 e. The number of hydrogen-bond acceptors (Lipinski definition) is 4. The van der Waals surface area contributed by atoms with Gasteiger partial charge in [0.2, 0.25) is 0 Å². The second-order valence-corrected chi connectivity index (χ2v) is 6.05. The third-order valence-corrected chi connectivity index (χ3v) is 4.56. The van der Waals surface area contributed by atoms with E-state index in [9.17, 15) is 0 Å². The molecule has 2 atom stereocenters. The zero-order chi connectivity index (χ0) is 13.7. The predicted octanol–water partition coefficient (Wildman–Crippen LogP) is 2.35. The Morgan fingerprint density at radius 3 is 3.15 bits per heavy atom. The van der Waals surface area contributed by atoms with Crippen molar-refractivity contribution in [1.82, 2.24) is 15.4 Å². The Balaban J connectivity index is 1.59. The van der Waals surface area contributed by atoms with E-state index in [1.807, 2.05) is 18.1 Å². The van der Waals surface area contributed by atoms with Gasteiger partial charge in [0.05, 0.1) is 24.2 Å². The van der Waals surface area contributed by atoms with Gasteiger partial charge in [-0.05, 0) is 30.6 Å². The molecule has 2 heterocycles. The Bertz CT molecular complexity index is 599. The molecular weight excluding hydrogens is 272 g/mol. The molecule has 0 amide bonds. The summed E-state index contributed by atoms with van der Waals surface area (Å²) in [7, 11) is 2.02. The number of likely N-dealkylation sites (N-methyl/N-ethyl adjacent to an activating group) is 1. The highest BCUT2D eigenvalue weighted by Crippen LogP contribution is 2.33. The minimum absolute atomic E-state index is 0.232. The van der Waals surface area contributed by atoms with Gasteiger partial charge in [-0.2, -0.15) is 5.10 Å². The number of halogens is 1. The molecular formula is C15H17ClN4. The van der Waals surface area contributed by atoms with Crippen molar-refractivity contribution in [2.45, 2.75) is 18.9 Å². The lowest BCUT2D eigenvalue weighted by Crippen LogP contribution is -2.42. The van der Waals surface area contributed by atoms with Gasteiger partial charge in [-0.3, -0.25) is 15.4 Å². The molecule has 2 unspecified atom stereocenters. The Morgan fingerprint density at radius 1 is 1.40 bits per heavy atom. The van der Waals surface area contributed by atoms with E-state index in [-0.39, 0.29) is 12.0 Å². The lowest BCUT2D eigenvalue weighted by Gasteiger charge is -2.26. The minimum atomic E-state index is 0.232. The summed E-state index contributed by atoms with van der Waals surface area (Å²) in [5.41, 5.74) is 6.19. The first-order valence-electron chi connectivity index (χ1n) is 7.02. The zero-order valence-corrected chi connectivity index (χ0v) is 12.1. The van der Waals surface area contributed by atoms with Gasteiger partial charge < -0.3 is 0 Å². The molecule has 0 saturated carbocycles. The fourth-order valence-electron chi connectivity index (χ4n) is 3.25. The van der Waals surface area contributed by atoms with Gasteiger partial charge in [0.15, 0.2) is 5.84 Å². The molecule has 0 aromatic carbocycles. The van der Waals surface area contributed by atoms with Crippen LogP contribution in [0, 0.1) is 5.92 Å². The summed E-state index contributed by atoms with van der Waals surface area (Å²) in [6.45, 7) is 0.921. The van der Waals surface area contributed by atoms with Gasteiger partial charge in [0.25, 0.3) is 0 Å². The normalized spacial score (nSPS) is 31.1. The third-order valence-electron chi connectivity index (χ3n) is 4.31. The molecule has 20 heavy (non-hydrogen) atoms. The number of hydrogen-bond donors (Lipinski definition) is 1. The van der Waals surface area contributed by atoms with Crippen LogP contribution in [0.25, 0.3) is 0 Å².